The normalized spacial score (nSPS) is 11.2. The lowest BCUT2D eigenvalue weighted by atomic mass is 10.00. The Bertz CT molecular complexity index is 1340. The second kappa shape index (κ2) is 8.35. The monoisotopic (exact) mass is 423 g/mol. The predicted octanol–water partition coefficient (Wildman–Crippen LogP) is 5.83. The van der Waals surface area contributed by atoms with Crippen molar-refractivity contribution in [1.82, 2.24) is 14.8 Å². The molecular formula is C27H25N3O2. The number of ether oxygens (including phenoxy) is 2. The molecule has 5 heteroatoms. The molecule has 3 aromatic carbocycles. The molecule has 0 saturated heterocycles. The quantitative estimate of drug-likeness (QED) is 0.345. The van der Waals surface area contributed by atoms with Gasteiger partial charge in [0, 0.05) is 35.3 Å². The number of fused-ring (bicyclic) bond motifs is 3. The number of rotatable bonds is 6. The molecule has 0 saturated carbocycles. The maximum absolute atomic E-state index is 5.59. The number of nitrogens with zero attached hydrogens (tertiary/aromatic N) is 3. The number of hydrogen-bond acceptors (Lipinski definition) is 4. The van der Waals surface area contributed by atoms with Crippen LogP contribution in [0.3, 0.4) is 0 Å². The first kappa shape index (κ1) is 20.1. The van der Waals surface area contributed by atoms with E-state index in [0.29, 0.717) is 11.5 Å². The summed E-state index contributed by atoms with van der Waals surface area (Å²) in [4.78, 5) is 0. The second-order valence-electron chi connectivity index (χ2n) is 7.83. The van der Waals surface area contributed by atoms with E-state index in [1.807, 2.05) is 18.2 Å². The molecule has 160 valence electrons. The first-order valence-electron chi connectivity index (χ1n) is 10.8. The van der Waals surface area contributed by atoms with Crippen LogP contribution < -0.4 is 9.47 Å². The Kier molecular flexibility index (Phi) is 5.23. The lowest BCUT2D eigenvalue weighted by Crippen LogP contribution is -2.05. The van der Waals surface area contributed by atoms with E-state index < -0.39 is 0 Å². The number of pyridine rings is 1. The largest absolute Gasteiger partial charge is 0.493 e. The Labute approximate surface area is 187 Å². The van der Waals surface area contributed by atoms with Gasteiger partial charge in [-0.1, -0.05) is 61.5 Å². The molecule has 0 amide bonds. The van der Waals surface area contributed by atoms with Crippen molar-refractivity contribution < 1.29 is 9.47 Å². The molecule has 2 aliphatic heterocycles. The van der Waals surface area contributed by atoms with Gasteiger partial charge >= 0.3 is 0 Å². The molecule has 5 rings (SSSR count). The highest BCUT2D eigenvalue weighted by atomic mass is 16.5. The Balaban J connectivity index is 1.75. The first-order valence-corrected chi connectivity index (χ1v) is 10.8. The van der Waals surface area contributed by atoms with Crippen molar-refractivity contribution in [3.8, 4) is 34.0 Å². The molecule has 0 N–H and O–H groups in total. The van der Waals surface area contributed by atoms with Crippen LogP contribution in [-0.4, -0.2) is 29.0 Å². The Hall–Kier alpha value is -3.86. The molecule has 0 unspecified atom stereocenters. The second-order valence-corrected chi connectivity index (χ2v) is 7.83. The third-order valence-electron chi connectivity index (χ3n) is 5.94. The molecule has 0 atom stereocenters. The van der Waals surface area contributed by atoms with E-state index in [2.05, 4.69) is 76.4 Å². The summed E-state index contributed by atoms with van der Waals surface area (Å²) >= 11 is 0. The van der Waals surface area contributed by atoms with Crippen LogP contribution in [0.5, 0.6) is 11.5 Å². The van der Waals surface area contributed by atoms with E-state index in [-0.39, 0.29) is 0 Å². The van der Waals surface area contributed by atoms with E-state index in [0.717, 1.165) is 46.4 Å². The summed E-state index contributed by atoms with van der Waals surface area (Å²) in [5, 5.41) is 10.2. The molecule has 0 spiro atoms. The van der Waals surface area contributed by atoms with E-state index in [9.17, 15) is 0 Å². The van der Waals surface area contributed by atoms with Gasteiger partial charge in [-0.15, -0.1) is 10.2 Å². The number of hydrogen-bond donors (Lipinski definition) is 0. The van der Waals surface area contributed by atoms with Gasteiger partial charge in [0.05, 0.1) is 19.7 Å². The highest BCUT2D eigenvalue weighted by Crippen LogP contribution is 2.41. The minimum Gasteiger partial charge on any atom is -0.493 e. The average Bonchev–Trinajstić information content (AvgIpc) is 3.28. The van der Waals surface area contributed by atoms with Crippen molar-refractivity contribution in [1.29, 1.82) is 0 Å². The van der Waals surface area contributed by atoms with Crippen LogP contribution in [0.25, 0.3) is 33.4 Å². The lowest BCUT2D eigenvalue weighted by molar-refractivity contribution is 0.355. The number of benzene rings is 3. The van der Waals surface area contributed by atoms with Crippen molar-refractivity contribution in [2.45, 2.75) is 19.9 Å². The van der Waals surface area contributed by atoms with Gasteiger partial charge in [-0.05, 0) is 23.6 Å². The van der Waals surface area contributed by atoms with Crippen molar-refractivity contribution in [3.63, 3.8) is 0 Å². The minimum absolute atomic E-state index is 0.676. The van der Waals surface area contributed by atoms with E-state index in [1.54, 1.807) is 14.2 Å². The third kappa shape index (κ3) is 3.46. The summed E-state index contributed by atoms with van der Waals surface area (Å²) in [6, 6.07) is 23.0. The van der Waals surface area contributed by atoms with Gasteiger partial charge in [-0.25, -0.2) is 0 Å². The summed E-state index contributed by atoms with van der Waals surface area (Å²) in [7, 11) is 3.31. The fourth-order valence-electron chi connectivity index (χ4n) is 4.18. The maximum atomic E-state index is 5.59. The molecule has 2 aliphatic rings. The molecule has 0 aromatic heterocycles. The fraction of sp³-hybridized carbons (Fsp3) is 0.185. The van der Waals surface area contributed by atoms with Crippen LogP contribution in [-0.2, 0) is 13.0 Å². The van der Waals surface area contributed by atoms with Crippen LogP contribution >= 0.6 is 0 Å². The number of aryl methyl sites for hydroxylation is 1. The zero-order chi connectivity index (χ0) is 22.1. The van der Waals surface area contributed by atoms with Gasteiger partial charge in [-0.2, -0.15) is 0 Å². The van der Waals surface area contributed by atoms with Crippen molar-refractivity contribution in [2.24, 2.45) is 0 Å². The molecule has 32 heavy (non-hydrogen) atoms. The molecule has 0 aliphatic carbocycles. The first-order chi connectivity index (χ1) is 15.7. The van der Waals surface area contributed by atoms with Gasteiger partial charge in [0.2, 0.25) is 0 Å². The standard InChI is InChI=1S/C27H25N3O2/c1-4-18-10-12-20(13-11-18)26-22-17-30(16-19-8-6-5-7-9-19)23-15-25(32-3)24(31-2)14-21(23)27(22)29-28-26/h5-15,17H,4,16H2,1-3H3. The summed E-state index contributed by atoms with van der Waals surface area (Å²) < 4.78 is 13.4. The summed E-state index contributed by atoms with van der Waals surface area (Å²) in [5.74, 6) is 1.37. The molecule has 0 radical (unpaired) electrons. The molecule has 2 heterocycles. The van der Waals surface area contributed by atoms with Crippen LogP contribution in [0.1, 0.15) is 18.1 Å². The van der Waals surface area contributed by atoms with Gasteiger partial charge in [0.1, 0.15) is 11.4 Å². The highest BCUT2D eigenvalue weighted by molar-refractivity contribution is 5.99. The lowest BCUT2D eigenvalue weighted by Gasteiger charge is -2.17. The van der Waals surface area contributed by atoms with Crippen LogP contribution in [0.2, 0.25) is 0 Å². The molecular weight excluding hydrogens is 398 g/mol. The average molecular weight is 424 g/mol. The Morgan fingerprint density at radius 1 is 0.781 bits per heavy atom. The van der Waals surface area contributed by atoms with Crippen LogP contribution in [0.15, 0.2) is 72.9 Å². The van der Waals surface area contributed by atoms with Gasteiger partial charge < -0.3 is 14.0 Å². The van der Waals surface area contributed by atoms with Crippen molar-refractivity contribution >= 4 is 10.9 Å². The van der Waals surface area contributed by atoms with Crippen LogP contribution in [0, 0.1) is 0 Å². The maximum Gasteiger partial charge on any atom is 0.162 e. The summed E-state index contributed by atoms with van der Waals surface area (Å²) in [5.41, 5.74) is 7.38. The minimum atomic E-state index is 0.676. The smallest absolute Gasteiger partial charge is 0.162 e. The topological polar surface area (TPSA) is 49.2 Å². The Morgan fingerprint density at radius 2 is 1.47 bits per heavy atom. The Morgan fingerprint density at radius 3 is 2.16 bits per heavy atom. The van der Waals surface area contributed by atoms with Gasteiger partial charge in [-0.3, -0.25) is 0 Å². The molecule has 5 nitrogen and oxygen atoms in total. The van der Waals surface area contributed by atoms with Crippen molar-refractivity contribution in [2.75, 3.05) is 14.2 Å². The van der Waals surface area contributed by atoms with Gasteiger partial charge in [0.15, 0.2) is 11.5 Å². The predicted molar refractivity (Wildman–Crippen MR) is 128 cm³/mol. The number of aromatic nitrogens is 3. The van der Waals surface area contributed by atoms with Crippen LogP contribution in [0.4, 0.5) is 0 Å². The van der Waals surface area contributed by atoms with Crippen molar-refractivity contribution in [3.05, 3.63) is 84.1 Å². The van der Waals surface area contributed by atoms with Gasteiger partial charge in [0.25, 0.3) is 0 Å². The third-order valence-corrected chi connectivity index (χ3v) is 5.94. The zero-order valence-corrected chi connectivity index (χ0v) is 18.5. The fourth-order valence-corrected chi connectivity index (χ4v) is 4.18. The van der Waals surface area contributed by atoms with E-state index in [1.165, 1.54) is 11.1 Å². The zero-order valence-electron chi connectivity index (χ0n) is 18.5. The SMILES string of the molecule is CCc1ccc(-c2nnc3c4cc(OC)c(OC)cc4n(Cc4ccccc4)cc2-3)cc1. The highest BCUT2D eigenvalue weighted by Gasteiger charge is 2.22. The summed E-state index contributed by atoms with van der Waals surface area (Å²) in [6.07, 6.45) is 3.16. The molecule has 0 fully saturated rings. The molecule has 0 bridgehead atoms. The van der Waals surface area contributed by atoms with E-state index >= 15 is 0 Å². The molecule has 3 aromatic rings. The van der Waals surface area contributed by atoms with E-state index in [4.69, 9.17) is 9.47 Å². The number of methoxy groups -OCH3 is 2. The summed E-state index contributed by atoms with van der Waals surface area (Å²) in [6.45, 7) is 2.88.